The van der Waals surface area contributed by atoms with Crippen LogP contribution in [0.4, 0.5) is 5.69 Å². The maximum absolute atomic E-state index is 12.6. The molecule has 1 aromatic rings. The highest BCUT2D eigenvalue weighted by Gasteiger charge is 2.39. The predicted molar refractivity (Wildman–Crippen MR) is 98.8 cm³/mol. The molecule has 2 heterocycles. The number of benzene rings is 1. The molecule has 1 unspecified atom stereocenters. The molecule has 2 N–H and O–H groups in total. The zero-order chi connectivity index (χ0) is 18.7. The fourth-order valence-electron chi connectivity index (χ4n) is 3.26. The van der Waals surface area contributed by atoms with Crippen LogP contribution in [-0.4, -0.2) is 39.9 Å². The summed E-state index contributed by atoms with van der Waals surface area (Å²) in [5.74, 6) is -1.01. The molecule has 0 aliphatic carbocycles. The summed E-state index contributed by atoms with van der Waals surface area (Å²) in [6.45, 7) is 0.299. The van der Waals surface area contributed by atoms with E-state index in [-0.39, 0.29) is 24.1 Å². The van der Waals surface area contributed by atoms with E-state index in [0.29, 0.717) is 30.6 Å². The lowest BCUT2D eigenvalue weighted by molar-refractivity contribution is -0.137. The smallest absolute Gasteiger partial charge is 0.255 e. The third-order valence-corrected chi connectivity index (χ3v) is 5.16. The van der Waals surface area contributed by atoms with Crippen molar-refractivity contribution in [2.24, 2.45) is 0 Å². The van der Waals surface area contributed by atoms with Crippen LogP contribution in [0.5, 0.6) is 0 Å². The van der Waals surface area contributed by atoms with Crippen molar-refractivity contribution in [2.45, 2.75) is 44.7 Å². The molecule has 2 aliphatic heterocycles. The Kier molecular flexibility index (Phi) is 5.70. The number of unbranched alkanes of at least 4 members (excludes halogenated alkanes) is 1. The first-order valence-corrected chi connectivity index (χ1v) is 9.75. The second-order valence-corrected chi connectivity index (χ2v) is 7.26. The number of carbonyl (C=O) groups excluding carboxylic acids is 4. The molecule has 138 valence electrons. The fourth-order valence-corrected chi connectivity index (χ4v) is 3.65. The summed E-state index contributed by atoms with van der Waals surface area (Å²) in [4.78, 5) is 49.4. The summed E-state index contributed by atoms with van der Waals surface area (Å²) in [7, 11) is 0. The monoisotopic (exact) mass is 421 g/mol. The molecule has 1 fully saturated rings. The summed E-state index contributed by atoms with van der Waals surface area (Å²) >= 11 is 3.34. The molecule has 0 spiro atoms. The second-order valence-electron chi connectivity index (χ2n) is 6.47. The van der Waals surface area contributed by atoms with Gasteiger partial charge in [0.05, 0.1) is 0 Å². The van der Waals surface area contributed by atoms with Crippen LogP contribution in [0.2, 0.25) is 0 Å². The van der Waals surface area contributed by atoms with Gasteiger partial charge in [0.25, 0.3) is 5.91 Å². The van der Waals surface area contributed by atoms with Crippen molar-refractivity contribution in [2.75, 3.05) is 10.6 Å². The average Bonchev–Trinajstić information content (AvgIpc) is 2.91. The van der Waals surface area contributed by atoms with Crippen LogP contribution in [0.3, 0.4) is 0 Å². The number of carbonyl (C=O) groups is 4. The Morgan fingerprint density at radius 3 is 2.81 bits per heavy atom. The van der Waals surface area contributed by atoms with E-state index < -0.39 is 11.9 Å². The van der Waals surface area contributed by atoms with E-state index in [4.69, 9.17) is 0 Å². The molecule has 0 radical (unpaired) electrons. The van der Waals surface area contributed by atoms with Crippen LogP contribution in [0.1, 0.15) is 48.0 Å². The van der Waals surface area contributed by atoms with Gasteiger partial charge in [0.1, 0.15) is 6.04 Å². The lowest BCUT2D eigenvalue weighted by Crippen LogP contribution is -2.52. The van der Waals surface area contributed by atoms with E-state index >= 15 is 0 Å². The Hall–Kier alpha value is -2.22. The quantitative estimate of drug-likeness (QED) is 0.416. The van der Waals surface area contributed by atoms with Crippen molar-refractivity contribution >= 4 is 45.2 Å². The first-order chi connectivity index (χ1) is 12.5. The molecule has 0 aromatic heterocycles. The van der Waals surface area contributed by atoms with Gasteiger partial charge in [-0.05, 0) is 43.0 Å². The van der Waals surface area contributed by atoms with Gasteiger partial charge in [-0.15, -0.1) is 0 Å². The molecule has 8 heteroatoms. The van der Waals surface area contributed by atoms with Crippen LogP contribution >= 0.6 is 15.9 Å². The third kappa shape index (κ3) is 3.95. The van der Waals surface area contributed by atoms with Crippen molar-refractivity contribution in [1.29, 1.82) is 0 Å². The standard InChI is InChI=1S/C18H20BrN3O4/c19-8-2-1-3-15(23)20-12-4-5-13-11(9-12)10-22(18(13)26)14-6-7-16(24)21-17(14)25/h4-5,9,14H,1-3,6-8,10H2,(H,20,23)(H,21,24,25). The van der Waals surface area contributed by atoms with Crippen LogP contribution in [0.25, 0.3) is 0 Å². The summed E-state index contributed by atoms with van der Waals surface area (Å²) < 4.78 is 0. The summed E-state index contributed by atoms with van der Waals surface area (Å²) in [5.41, 5.74) is 1.95. The number of fused-ring (bicyclic) bond motifs is 1. The number of alkyl halides is 1. The Balaban J connectivity index is 1.67. The largest absolute Gasteiger partial charge is 0.326 e. The van der Waals surface area contributed by atoms with Gasteiger partial charge >= 0.3 is 0 Å². The van der Waals surface area contributed by atoms with Crippen molar-refractivity contribution in [1.82, 2.24) is 10.2 Å². The van der Waals surface area contributed by atoms with Gasteiger partial charge in [-0.1, -0.05) is 15.9 Å². The number of halogens is 1. The molecule has 4 amide bonds. The van der Waals surface area contributed by atoms with E-state index in [1.165, 1.54) is 4.90 Å². The fraction of sp³-hybridized carbons (Fsp3) is 0.444. The average molecular weight is 422 g/mol. The summed E-state index contributed by atoms with van der Waals surface area (Å²) in [5, 5.41) is 6.00. The van der Waals surface area contributed by atoms with Crippen LogP contribution in [0.15, 0.2) is 18.2 Å². The maximum atomic E-state index is 12.6. The van der Waals surface area contributed by atoms with Gasteiger partial charge in [-0.3, -0.25) is 24.5 Å². The molecule has 3 rings (SSSR count). The van der Waals surface area contributed by atoms with Crippen LogP contribution in [-0.2, 0) is 20.9 Å². The second kappa shape index (κ2) is 7.99. The van der Waals surface area contributed by atoms with Gasteiger partial charge in [-0.2, -0.15) is 0 Å². The Labute approximate surface area is 159 Å². The van der Waals surface area contributed by atoms with Crippen molar-refractivity contribution in [3.63, 3.8) is 0 Å². The third-order valence-electron chi connectivity index (χ3n) is 4.59. The Bertz CT molecular complexity index is 765. The zero-order valence-electron chi connectivity index (χ0n) is 14.2. The van der Waals surface area contributed by atoms with Crippen molar-refractivity contribution in [3.8, 4) is 0 Å². The Morgan fingerprint density at radius 1 is 1.27 bits per heavy atom. The number of nitrogens with one attached hydrogen (secondary N) is 2. The highest BCUT2D eigenvalue weighted by molar-refractivity contribution is 9.09. The van der Waals surface area contributed by atoms with Crippen molar-refractivity contribution < 1.29 is 19.2 Å². The minimum atomic E-state index is -0.630. The van der Waals surface area contributed by atoms with E-state index in [1.54, 1.807) is 18.2 Å². The van der Waals surface area contributed by atoms with Gasteiger partial charge in [-0.25, -0.2) is 0 Å². The first kappa shape index (κ1) is 18.6. The van der Waals surface area contributed by atoms with E-state index in [9.17, 15) is 19.2 Å². The number of rotatable bonds is 6. The number of amides is 4. The molecule has 1 aromatic carbocycles. The van der Waals surface area contributed by atoms with Gasteiger partial charge in [0, 0.05) is 36.0 Å². The van der Waals surface area contributed by atoms with E-state index in [2.05, 4.69) is 26.6 Å². The molecule has 7 nitrogen and oxygen atoms in total. The molecular weight excluding hydrogens is 402 g/mol. The molecule has 1 atom stereocenters. The normalized spacial score (nSPS) is 19.3. The van der Waals surface area contributed by atoms with E-state index in [0.717, 1.165) is 23.7 Å². The van der Waals surface area contributed by atoms with Crippen LogP contribution in [0, 0.1) is 0 Å². The number of imide groups is 1. The van der Waals surface area contributed by atoms with Gasteiger partial charge in [0.2, 0.25) is 17.7 Å². The number of hydrogen-bond donors (Lipinski definition) is 2. The van der Waals surface area contributed by atoms with Gasteiger partial charge in [0.15, 0.2) is 0 Å². The molecule has 26 heavy (non-hydrogen) atoms. The van der Waals surface area contributed by atoms with Crippen LogP contribution < -0.4 is 10.6 Å². The Morgan fingerprint density at radius 2 is 2.08 bits per heavy atom. The SMILES string of the molecule is O=C1CCC(N2Cc3cc(NC(=O)CCCCBr)ccc3C2=O)C(=O)N1. The minimum Gasteiger partial charge on any atom is -0.326 e. The van der Waals surface area contributed by atoms with Gasteiger partial charge < -0.3 is 10.2 Å². The van der Waals surface area contributed by atoms with Crippen molar-refractivity contribution in [3.05, 3.63) is 29.3 Å². The lowest BCUT2D eigenvalue weighted by atomic mass is 10.0. The predicted octanol–water partition coefficient (Wildman–Crippen LogP) is 1.95. The number of hydrogen-bond acceptors (Lipinski definition) is 4. The number of anilines is 1. The summed E-state index contributed by atoms with van der Waals surface area (Å²) in [6.07, 6.45) is 2.76. The molecule has 1 saturated heterocycles. The first-order valence-electron chi connectivity index (χ1n) is 8.63. The molecule has 2 aliphatic rings. The minimum absolute atomic E-state index is 0.0581. The number of nitrogens with zero attached hydrogens (tertiary/aromatic N) is 1. The van der Waals surface area contributed by atoms with E-state index in [1.807, 2.05) is 0 Å². The molecule has 0 bridgehead atoms. The molecule has 0 saturated carbocycles. The maximum Gasteiger partial charge on any atom is 0.255 e. The highest BCUT2D eigenvalue weighted by atomic mass is 79.9. The molecular formula is C18H20BrN3O4. The number of piperidine rings is 1. The summed E-state index contributed by atoms with van der Waals surface area (Å²) in [6, 6.07) is 4.53. The topological polar surface area (TPSA) is 95.6 Å². The highest BCUT2D eigenvalue weighted by Crippen LogP contribution is 2.29. The lowest BCUT2D eigenvalue weighted by Gasteiger charge is -2.29. The zero-order valence-corrected chi connectivity index (χ0v) is 15.8.